The van der Waals surface area contributed by atoms with Crippen LogP contribution in [0.4, 0.5) is 5.69 Å². The standard InChI is InChI=1S/C16H11NO4/c1-21-16(20)11-4-2-3-9(7-11)10-5-6-13-12(8-10)14(18)15(19)17-13/h2-8H,1H3,(H,17,18,19). The van der Waals surface area contributed by atoms with Gasteiger partial charge in [-0.3, -0.25) is 9.59 Å². The molecule has 0 spiro atoms. The van der Waals surface area contributed by atoms with E-state index in [1.807, 2.05) is 6.07 Å². The third kappa shape index (κ3) is 2.18. The molecule has 5 heteroatoms. The van der Waals surface area contributed by atoms with Gasteiger partial charge in [-0.25, -0.2) is 4.79 Å². The summed E-state index contributed by atoms with van der Waals surface area (Å²) in [5, 5.41) is 2.50. The van der Waals surface area contributed by atoms with Gasteiger partial charge < -0.3 is 10.1 Å². The lowest BCUT2D eigenvalue weighted by atomic mass is 10.00. The normalized spacial score (nSPS) is 12.8. The van der Waals surface area contributed by atoms with E-state index < -0.39 is 17.7 Å². The summed E-state index contributed by atoms with van der Waals surface area (Å²) in [6.45, 7) is 0. The summed E-state index contributed by atoms with van der Waals surface area (Å²) in [5.41, 5.74) is 2.81. The Balaban J connectivity index is 2.05. The Hall–Kier alpha value is -2.95. The van der Waals surface area contributed by atoms with E-state index >= 15 is 0 Å². The molecule has 1 aliphatic heterocycles. The van der Waals surface area contributed by atoms with Crippen molar-refractivity contribution >= 4 is 23.3 Å². The second-order valence-electron chi connectivity index (χ2n) is 4.62. The zero-order valence-electron chi connectivity index (χ0n) is 11.2. The van der Waals surface area contributed by atoms with Crippen molar-refractivity contribution in [3.63, 3.8) is 0 Å². The molecule has 1 heterocycles. The average molecular weight is 281 g/mol. The molecular weight excluding hydrogens is 270 g/mol. The second kappa shape index (κ2) is 4.86. The Morgan fingerprint density at radius 2 is 1.81 bits per heavy atom. The Kier molecular flexibility index (Phi) is 3.02. The largest absolute Gasteiger partial charge is 0.465 e. The molecule has 3 rings (SSSR count). The number of rotatable bonds is 2. The summed E-state index contributed by atoms with van der Waals surface area (Å²) in [4.78, 5) is 34.6. The van der Waals surface area contributed by atoms with Gasteiger partial charge in [-0.15, -0.1) is 0 Å². The Morgan fingerprint density at radius 1 is 1.05 bits per heavy atom. The number of anilines is 1. The highest BCUT2D eigenvalue weighted by atomic mass is 16.5. The number of ketones is 1. The van der Waals surface area contributed by atoms with Crippen LogP contribution in [0.3, 0.4) is 0 Å². The highest BCUT2D eigenvalue weighted by molar-refractivity contribution is 6.51. The number of methoxy groups -OCH3 is 1. The third-order valence-corrected chi connectivity index (χ3v) is 3.34. The lowest BCUT2D eigenvalue weighted by molar-refractivity contribution is -0.112. The third-order valence-electron chi connectivity index (χ3n) is 3.34. The molecular formula is C16H11NO4. The number of fused-ring (bicyclic) bond motifs is 1. The van der Waals surface area contributed by atoms with Gasteiger partial charge in [-0.2, -0.15) is 0 Å². The van der Waals surface area contributed by atoms with Crippen molar-refractivity contribution in [3.8, 4) is 11.1 Å². The molecule has 0 radical (unpaired) electrons. The molecule has 0 atom stereocenters. The molecule has 2 aromatic rings. The molecule has 21 heavy (non-hydrogen) atoms. The monoisotopic (exact) mass is 281 g/mol. The molecule has 2 aromatic carbocycles. The van der Waals surface area contributed by atoms with Crippen molar-refractivity contribution in [2.45, 2.75) is 0 Å². The fourth-order valence-electron chi connectivity index (χ4n) is 2.27. The van der Waals surface area contributed by atoms with E-state index in [-0.39, 0.29) is 0 Å². The van der Waals surface area contributed by atoms with E-state index in [0.29, 0.717) is 16.8 Å². The molecule has 1 amide bonds. The first-order valence-electron chi connectivity index (χ1n) is 6.28. The summed E-state index contributed by atoms with van der Waals surface area (Å²) in [7, 11) is 1.32. The highest BCUT2D eigenvalue weighted by Gasteiger charge is 2.28. The van der Waals surface area contributed by atoms with Crippen LogP contribution in [0.2, 0.25) is 0 Å². The summed E-state index contributed by atoms with van der Waals surface area (Å²) in [5.74, 6) is -1.59. The summed E-state index contributed by atoms with van der Waals surface area (Å²) in [6.07, 6.45) is 0. The molecule has 0 bridgehead atoms. The van der Waals surface area contributed by atoms with Gasteiger partial charge in [0.15, 0.2) is 0 Å². The van der Waals surface area contributed by atoms with Gasteiger partial charge >= 0.3 is 5.97 Å². The molecule has 1 N–H and O–H groups in total. The number of carbonyl (C=O) groups excluding carboxylic acids is 3. The van der Waals surface area contributed by atoms with Crippen LogP contribution in [0.15, 0.2) is 42.5 Å². The predicted molar refractivity (Wildman–Crippen MR) is 76.2 cm³/mol. The van der Waals surface area contributed by atoms with Crippen molar-refractivity contribution < 1.29 is 19.1 Å². The molecule has 5 nitrogen and oxygen atoms in total. The molecule has 0 fully saturated rings. The SMILES string of the molecule is COC(=O)c1cccc(-c2ccc3c(c2)C(=O)C(=O)N3)c1. The lowest BCUT2D eigenvalue weighted by Crippen LogP contribution is -2.12. The zero-order chi connectivity index (χ0) is 15.0. The quantitative estimate of drug-likeness (QED) is 0.677. The minimum atomic E-state index is -0.620. The summed E-state index contributed by atoms with van der Waals surface area (Å²) >= 11 is 0. The number of hydrogen-bond donors (Lipinski definition) is 1. The van der Waals surface area contributed by atoms with Crippen LogP contribution < -0.4 is 5.32 Å². The van der Waals surface area contributed by atoms with Crippen molar-refractivity contribution in [2.75, 3.05) is 12.4 Å². The maximum Gasteiger partial charge on any atom is 0.337 e. The highest BCUT2D eigenvalue weighted by Crippen LogP contribution is 2.29. The topological polar surface area (TPSA) is 72.5 Å². The zero-order valence-corrected chi connectivity index (χ0v) is 11.2. The van der Waals surface area contributed by atoms with Gasteiger partial charge in [-0.1, -0.05) is 18.2 Å². The van der Waals surface area contributed by atoms with E-state index in [1.165, 1.54) is 7.11 Å². The van der Waals surface area contributed by atoms with Crippen LogP contribution in [-0.4, -0.2) is 24.8 Å². The summed E-state index contributed by atoms with van der Waals surface area (Å²) in [6, 6.07) is 12.0. The number of hydrogen-bond acceptors (Lipinski definition) is 4. The van der Waals surface area contributed by atoms with Gasteiger partial charge in [-0.05, 0) is 35.4 Å². The van der Waals surface area contributed by atoms with Crippen LogP contribution in [0, 0.1) is 0 Å². The number of esters is 1. The lowest BCUT2D eigenvalue weighted by Gasteiger charge is -2.06. The van der Waals surface area contributed by atoms with Crippen LogP contribution in [0.1, 0.15) is 20.7 Å². The molecule has 0 saturated carbocycles. The molecule has 0 aliphatic carbocycles. The average Bonchev–Trinajstić information content (AvgIpc) is 2.81. The fraction of sp³-hybridized carbons (Fsp3) is 0.0625. The Morgan fingerprint density at radius 3 is 2.57 bits per heavy atom. The van der Waals surface area contributed by atoms with Crippen LogP contribution in [-0.2, 0) is 9.53 Å². The summed E-state index contributed by atoms with van der Waals surface area (Å²) < 4.78 is 4.68. The number of ether oxygens (including phenoxy) is 1. The van der Waals surface area contributed by atoms with E-state index in [1.54, 1.807) is 36.4 Å². The maximum absolute atomic E-state index is 11.7. The molecule has 0 aromatic heterocycles. The first-order chi connectivity index (χ1) is 10.1. The molecule has 0 saturated heterocycles. The van der Waals surface area contributed by atoms with E-state index in [9.17, 15) is 14.4 Å². The molecule has 1 aliphatic rings. The van der Waals surface area contributed by atoms with Crippen LogP contribution >= 0.6 is 0 Å². The molecule has 0 unspecified atom stereocenters. The fourth-order valence-corrected chi connectivity index (χ4v) is 2.27. The molecule has 104 valence electrons. The van der Waals surface area contributed by atoms with Crippen molar-refractivity contribution in [2.24, 2.45) is 0 Å². The van der Waals surface area contributed by atoms with Crippen molar-refractivity contribution in [1.29, 1.82) is 0 Å². The van der Waals surface area contributed by atoms with Crippen molar-refractivity contribution in [1.82, 2.24) is 0 Å². The number of carbonyl (C=O) groups is 3. The first kappa shape index (κ1) is 13.1. The first-order valence-corrected chi connectivity index (χ1v) is 6.28. The number of nitrogens with one attached hydrogen (secondary N) is 1. The Labute approximate surface area is 120 Å². The number of Topliss-reactive ketones (excluding diaryl/α,β-unsaturated/α-hetero) is 1. The van der Waals surface area contributed by atoms with Crippen LogP contribution in [0.5, 0.6) is 0 Å². The van der Waals surface area contributed by atoms with Crippen molar-refractivity contribution in [3.05, 3.63) is 53.6 Å². The van der Waals surface area contributed by atoms with Crippen LogP contribution in [0.25, 0.3) is 11.1 Å². The van der Waals surface area contributed by atoms with E-state index in [4.69, 9.17) is 0 Å². The second-order valence-corrected chi connectivity index (χ2v) is 4.62. The smallest absolute Gasteiger partial charge is 0.337 e. The van der Waals surface area contributed by atoms with Gasteiger partial charge in [0.1, 0.15) is 0 Å². The Bertz CT molecular complexity index is 780. The van der Waals surface area contributed by atoms with E-state index in [2.05, 4.69) is 10.1 Å². The maximum atomic E-state index is 11.7. The number of amides is 1. The number of benzene rings is 2. The predicted octanol–water partition coefficient (Wildman–Crippen LogP) is 2.27. The van der Waals surface area contributed by atoms with Gasteiger partial charge in [0, 0.05) is 0 Å². The van der Waals surface area contributed by atoms with Gasteiger partial charge in [0.2, 0.25) is 0 Å². The van der Waals surface area contributed by atoms with Gasteiger partial charge in [0.05, 0.1) is 23.9 Å². The van der Waals surface area contributed by atoms with Gasteiger partial charge in [0.25, 0.3) is 11.7 Å². The minimum Gasteiger partial charge on any atom is -0.465 e. The minimum absolute atomic E-state index is 0.348. The van der Waals surface area contributed by atoms with E-state index in [0.717, 1.165) is 11.1 Å².